The van der Waals surface area contributed by atoms with Crippen LogP contribution in [-0.2, 0) is 11.3 Å². The molecule has 1 aromatic heterocycles. The Hall–Kier alpha value is -3.13. The molecule has 5 nitrogen and oxygen atoms in total. The van der Waals surface area contributed by atoms with Crippen LogP contribution >= 0.6 is 0 Å². The fraction of sp³-hybridized carbons (Fsp3) is 0.304. The van der Waals surface area contributed by atoms with E-state index in [0.717, 1.165) is 28.1 Å². The van der Waals surface area contributed by atoms with Crippen molar-refractivity contribution in [2.75, 3.05) is 11.9 Å². The van der Waals surface area contributed by atoms with Gasteiger partial charge in [0.05, 0.1) is 17.5 Å². The molecule has 2 aromatic rings. The van der Waals surface area contributed by atoms with Crippen LogP contribution in [0.4, 0.5) is 24.5 Å². The van der Waals surface area contributed by atoms with E-state index in [4.69, 9.17) is 0 Å². The van der Waals surface area contributed by atoms with Crippen molar-refractivity contribution >= 4 is 17.3 Å². The summed E-state index contributed by atoms with van der Waals surface area (Å²) in [5.74, 6) is -0.0744. The summed E-state index contributed by atoms with van der Waals surface area (Å²) < 4.78 is 42.0. The maximum absolute atomic E-state index is 12.9. The zero-order valence-electron chi connectivity index (χ0n) is 17.2. The molecule has 0 fully saturated rings. The van der Waals surface area contributed by atoms with Gasteiger partial charge in [-0.05, 0) is 61.2 Å². The fourth-order valence-corrected chi connectivity index (χ4v) is 3.96. The molecule has 1 N–H and O–H groups in total. The van der Waals surface area contributed by atoms with Gasteiger partial charge in [-0.3, -0.25) is 14.5 Å². The number of carbonyl (C=O) groups excluding carboxylic acids is 1. The number of anilines is 2. The van der Waals surface area contributed by atoms with E-state index < -0.39 is 12.0 Å². The van der Waals surface area contributed by atoms with Gasteiger partial charge >= 0.3 is 6.36 Å². The van der Waals surface area contributed by atoms with Crippen LogP contribution in [-0.4, -0.2) is 34.3 Å². The predicted molar refractivity (Wildman–Crippen MR) is 111 cm³/mol. The van der Waals surface area contributed by atoms with Crippen molar-refractivity contribution in [2.24, 2.45) is 0 Å². The highest BCUT2D eigenvalue weighted by Crippen LogP contribution is 2.34. The van der Waals surface area contributed by atoms with Gasteiger partial charge in [0.1, 0.15) is 0 Å². The number of ether oxygens (including phenoxy) is 1. The lowest BCUT2D eigenvalue weighted by Gasteiger charge is -2.29. The van der Waals surface area contributed by atoms with Gasteiger partial charge in [-0.25, -0.2) is 0 Å². The molecule has 0 spiro atoms. The smallest absolute Gasteiger partial charge is 0.354 e. The molecule has 1 atom stereocenters. The van der Waals surface area contributed by atoms with E-state index in [1.807, 2.05) is 31.2 Å². The number of halogens is 3. The number of pyridine rings is 1. The number of fused-ring (bicyclic) bond motifs is 1. The zero-order chi connectivity index (χ0) is 22.2. The van der Waals surface area contributed by atoms with E-state index >= 15 is 0 Å². The quantitative estimate of drug-likeness (QED) is 0.704. The van der Waals surface area contributed by atoms with Gasteiger partial charge in [-0.2, -0.15) is 0 Å². The Labute approximate surface area is 178 Å². The Bertz CT molecular complexity index is 1060. The van der Waals surface area contributed by atoms with E-state index in [2.05, 4.69) is 15.0 Å². The maximum atomic E-state index is 12.9. The molecule has 0 saturated heterocycles. The average molecular weight is 429 g/mol. The predicted octanol–water partition coefficient (Wildman–Crippen LogP) is 5.27. The van der Waals surface area contributed by atoms with E-state index in [1.165, 1.54) is 13.0 Å². The lowest BCUT2D eigenvalue weighted by atomic mass is 9.93. The van der Waals surface area contributed by atoms with Crippen molar-refractivity contribution in [2.45, 2.75) is 38.8 Å². The number of carbonyl (C=O) groups is 1. The molecule has 31 heavy (non-hydrogen) atoms. The Balaban J connectivity index is 1.46. The first-order valence-corrected chi connectivity index (χ1v) is 9.87. The molecule has 2 heterocycles. The van der Waals surface area contributed by atoms with Crippen molar-refractivity contribution in [1.82, 2.24) is 9.88 Å². The number of benzene rings is 1. The largest absolute Gasteiger partial charge is 0.523 e. The SMILES string of the molecule is Cc1cc(Nc2cccnc2)cc2c1C(=O)N(CC1=CCC(C)(OC(F)(F)F)C=C1)C2. The van der Waals surface area contributed by atoms with Crippen molar-refractivity contribution in [1.29, 1.82) is 0 Å². The number of nitrogens with zero attached hydrogens (tertiary/aromatic N) is 2. The third-order valence-electron chi connectivity index (χ3n) is 5.37. The molecule has 1 aromatic carbocycles. The minimum Gasteiger partial charge on any atom is -0.354 e. The molecule has 1 aliphatic carbocycles. The molecule has 1 amide bonds. The molecule has 162 valence electrons. The first kappa shape index (κ1) is 21.1. The van der Waals surface area contributed by atoms with Gasteiger partial charge in [0, 0.05) is 30.5 Å². The highest BCUT2D eigenvalue weighted by atomic mass is 19.4. The Morgan fingerprint density at radius 2 is 2.10 bits per heavy atom. The Morgan fingerprint density at radius 1 is 1.29 bits per heavy atom. The molecule has 0 saturated carbocycles. The van der Waals surface area contributed by atoms with Gasteiger partial charge in [0.15, 0.2) is 0 Å². The van der Waals surface area contributed by atoms with Gasteiger partial charge in [0.2, 0.25) is 0 Å². The zero-order valence-corrected chi connectivity index (χ0v) is 17.2. The standard InChI is InChI=1S/C23H22F3N3O2/c1-15-10-19(28-18-4-3-9-27-12-18)11-17-14-29(21(30)20(15)17)13-16-5-7-22(2,8-6-16)31-23(24,25)26/h3-7,9-12,28H,8,13-14H2,1-2H3. The first-order valence-electron chi connectivity index (χ1n) is 9.87. The van der Waals surface area contributed by atoms with Crippen LogP contribution in [0.3, 0.4) is 0 Å². The van der Waals surface area contributed by atoms with Crippen LogP contribution in [0.25, 0.3) is 0 Å². The van der Waals surface area contributed by atoms with E-state index in [9.17, 15) is 18.0 Å². The number of alkyl halides is 3. The van der Waals surface area contributed by atoms with Crippen molar-refractivity contribution in [3.05, 3.63) is 77.2 Å². The summed E-state index contributed by atoms with van der Waals surface area (Å²) in [6.07, 6.45) is 3.52. The number of aryl methyl sites for hydroxylation is 1. The third-order valence-corrected chi connectivity index (χ3v) is 5.37. The minimum absolute atomic E-state index is 0.0744. The molecule has 8 heteroatoms. The topological polar surface area (TPSA) is 54.5 Å². The summed E-state index contributed by atoms with van der Waals surface area (Å²) in [7, 11) is 0. The van der Waals surface area contributed by atoms with Gasteiger partial charge in [-0.15, -0.1) is 13.2 Å². The molecule has 1 unspecified atom stereocenters. The second-order valence-electron chi connectivity index (χ2n) is 8.03. The maximum Gasteiger partial charge on any atom is 0.523 e. The second kappa shape index (κ2) is 7.85. The number of nitrogens with one attached hydrogen (secondary N) is 1. The van der Waals surface area contributed by atoms with Gasteiger partial charge in [0.25, 0.3) is 5.91 Å². The normalized spacial score (nSPS) is 20.6. The summed E-state index contributed by atoms with van der Waals surface area (Å²) in [6.45, 7) is 4.06. The summed E-state index contributed by atoms with van der Waals surface area (Å²) >= 11 is 0. The fourth-order valence-electron chi connectivity index (χ4n) is 3.96. The van der Waals surface area contributed by atoms with Crippen LogP contribution in [0.5, 0.6) is 0 Å². The molecular formula is C23H22F3N3O2. The van der Waals surface area contributed by atoms with Crippen molar-refractivity contribution < 1.29 is 22.7 Å². The van der Waals surface area contributed by atoms with Crippen LogP contribution < -0.4 is 5.32 Å². The summed E-state index contributed by atoms with van der Waals surface area (Å²) in [5, 5.41) is 3.29. The number of hydrogen-bond donors (Lipinski definition) is 1. The minimum atomic E-state index is -4.70. The lowest BCUT2D eigenvalue weighted by molar-refractivity contribution is -0.355. The third kappa shape index (κ3) is 4.80. The number of rotatable bonds is 5. The van der Waals surface area contributed by atoms with E-state index in [1.54, 1.807) is 29.4 Å². The Morgan fingerprint density at radius 3 is 2.74 bits per heavy atom. The molecular weight excluding hydrogens is 407 g/mol. The highest BCUT2D eigenvalue weighted by Gasteiger charge is 2.39. The molecule has 0 bridgehead atoms. The first-order chi connectivity index (χ1) is 14.6. The van der Waals surface area contributed by atoms with Crippen molar-refractivity contribution in [3.63, 3.8) is 0 Å². The number of amides is 1. The van der Waals surface area contributed by atoms with Crippen LogP contribution in [0, 0.1) is 6.92 Å². The Kier molecular flexibility index (Phi) is 5.35. The van der Waals surface area contributed by atoms with E-state index in [-0.39, 0.29) is 12.3 Å². The lowest BCUT2D eigenvalue weighted by Crippen LogP contribution is -2.35. The average Bonchev–Trinajstić information content (AvgIpc) is 2.99. The summed E-state index contributed by atoms with van der Waals surface area (Å²) in [5.41, 5.74) is 3.56. The molecule has 2 aliphatic rings. The molecule has 0 radical (unpaired) electrons. The second-order valence-corrected chi connectivity index (χ2v) is 8.03. The number of hydrogen-bond acceptors (Lipinski definition) is 4. The monoisotopic (exact) mass is 429 g/mol. The number of aromatic nitrogens is 1. The highest BCUT2D eigenvalue weighted by molar-refractivity contribution is 6.00. The molecule has 1 aliphatic heterocycles. The summed E-state index contributed by atoms with van der Waals surface area (Å²) in [4.78, 5) is 18.7. The van der Waals surface area contributed by atoms with Gasteiger partial charge in [-0.1, -0.05) is 18.2 Å². The van der Waals surface area contributed by atoms with Gasteiger partial charge < -0.3 is 10.2 Å². The summed E-state index contributed by atoms with van der Waals surface area (Å²) in [6, 6.07) is 7.62. The van der Waals surface area contributed by atoms with Crippen molar-refractivity contribution in [3.8, 4) is 0 Å². The van der Waals surface area contributed by atoms with Crippen LogP contribution in [0.1, 0.15) is 34.8 Å². The van der Waals surface area contributed by atoms with Crippen LogP contribution in [0.15, 0.2) is 60.5 Å². The molecule has 4 rings (SSSR count). The van der Waals surface area contributed by atoms with Crippen LogP contribution in [0.2, 0.25) is 0 Å². The van der Waals surface area contributed by atoms with E-state index in [0.29, 0.717) is 18.7 Å².